The van der Waals surface area contributed by atoms with Gasteiger partial charge >= 0.3 is 0 Å². The Morgan fingerprint density at radius 3 is 2.09 bits per heavy atom. The van der Waals surface area contributed by atoms with Crippen LogP contribution in [-0.4, -0.2) is 50.2 Å². The van der Waals surface area contributed by atoms with Crippen LogP contribution in [0, 0.1) is 0 Å². The van der Waals surface area contributed by atoms with Crippen LogP contribution in [0.1, 0.15) is 6.92 Å². The molecule has 0 rings (SSSR count). The Kier molecular flexibility index (Phi) is 15.3. The van der Waals surface area contributed by atoms with Crippen LogP contribution in [0.15, 0.2) is 0 Å². The summed E-state index contributed by atoms with van der Waals surface area (Å²) in [6, 6.07) is 0. The minimum atomic E-state index is -0.324. The van der Waals surface area contributed by atoms with Gasteiger partial charge in [-0.2, -0.15) is 0 Å². The van der Waals surface area contributed by atoms with Gasteiger partial charge in [0, 0.05) is 13.7 Å². The number of methoxy groups -OCH3 is 1. The maximum absolute atomic E-state index is 8.43. The monoisotopic (exact) mass is 165 g/mol. The van der Waals surface area contributed by atoms with Gasteiger partial charge in [0.1, 0.15) is 0 Å². The van der Waals surface area contributed by atoms with Crippen molar-refractivity contribution in [2.75, 3.05) is 33.9 Å². The van der Waals surface area contributed by atoms with Crippen LogP contribution in [0.3, 0.4) is 0 Å². The van der Waals surface area contributed by atoms with Gasteiger partial charge in [0.2, 0.25) is 0 Å². The number of hydrogen-bond acceptors (Lipinski definition) is 4. The summed E-state index contributed by atoms with van der Waals surface area (Å²) in [6.07, 6.45) is -0.324. The van der Waals surface area contributed by atoms with Crippen molar-refractivity contribution in [1.29, 1.82) is 0 Å². The highest BCUT2D eigenvalue weighted by atomic mass is 16.5. The van der Waals surface area contributed by atoms with Gasteiger partial charge in [0.25, 0.3) is 0 Å². The molecule has 0 aliphatic carbocycles. The number of likely N-dealkylation sites (N-methyl/N-ethyl adjacent to an activating group) is 1. The van der Waals surface area contributed by atoms with E-state index in [0.717, 1.165) is 0 Å². The smallest absolute Gasteiger partial charge is 0.0745 e. The highest BCUT2D eigenvalue weighted by Crippen LogP contribution is 1.75. The Hall–Kier alpha value is -0.160. The topological polar surface area (TPSA) is 61.7 Å². The molecule has 4 heteroatoms. The lowest BCUT2D eigenvalue weighted by Gasteiger charge is -1.97. The standard InChI is InChI=1S/C4H10O2.C3H9NO/c1-4(5)3-6-2;1-4-2-3-5/h4-5H,3H2,1-2H3;4-5H,2-3H2,1H3. The Labute approximate surface area is 68.2 Å². The number of nitrogens with one attached hydrogen (secondary N) is 1. The fraction of sp³-hybridized carbons (Fsp3) is 1.00. The van der Waals surface area contributed by atoms with Crippen molar-refractivity contribution < 1.29 is 14.9 Å². The van der Waals surface area contributed by atoms with Crippen LogP contribution in [0.25, 0.3) is 0 Å². The summed E-state index contributed by atoms with van der Waals surface area (Å²) in [5.74, 6) is 0. The summed E-state index contributed by atoms with van der Waals surface area (Å²) in [6.45, 7) is 3.04. The lowest BCUT2D eigenvalue weighted by Crippen LogP contribution is -2.10. The van der Waals surface area contributed by atoms with Gasteiger partial charge in [0.15, 0.2) is 0 Å². The predicted molar refractivity (Wildman–Crippen MR) is 44.6 cm³/mol. The quantitative estimate of drug-likeness (QED) is 0.511. The minimum Gasteiger partial charge on any atom is -0.395 e. The SMILES string of the molecule is CNCCO.COCC(C)O. The van der Waals surface area contributed by atoms with Crippen molar-refractivity contribution in [1.82, 2.24) is 5.32 Å². The normalized spacial score (nSPS) is 11.7. The van der Waals surface area contributed by atoms with Crippen LogP contribution in [0.2, 0.25) is 0 Å². The van der Waals surface area contributed by atoms with Crippen LogP contribution in [0.5, 0.6) is 0 Å². The van der Waals surface area contributed by atoms with E-state index in [0.29, 0.717) is 13.2 Å². The van der Waals surface area contributed by atoms with E-state index in [1.165, 1.54) is 0 Å². The second-order valence-corrected chi connectivity index (χ2v) is 2.13. The molecule has 0 amide bonds. The third kappa shape index (κ3) is 25.8. The third-order valence-corrected chi connectivity index (χ3v) is 0.770. The molecule has 0 aliphatic rings. The van der Waals surface area contributed by atoms with Crippen molar-refractivity contribution in [3.8, 4) is 0 Å². The van der Waals surface area contributed by atoms with Gasteiger partial charge in [-0.05, 0) is 14.0 Å². The van der Waals surface area contributed by atoms with E-state index < -0.39 is 0 Å². The van der Waals surface area contributed by atoms with E-state index in [9.17, 15) is 0 Å². The molecule has 3 N–H and O–H groups in total. The van der Waals surface area contributed by atoms with Gasteiger partial charge in [-0.15, -0.1) is 0 Å². The van der Waals surface area contributed by atoms with E-state index in [2.05, 4.69) is 10.1 Å². The van der Waals surface area contributed by atoms with E-state index in [1.54, 1.807) is 21.1 Å². The lowest BCUT2D eigenvalue weighted by atomic mass is 10.5. The molecule has 0 radical (unpaired) electrons. The Morgan fingerprint density at radius 2 is 2.09 bits per heavy atom. The zero-order chi connectivity index (χ0) is 9.11. The molecule has 0 heterocycles. The molecule has 0 fully saturated rings. The van der Waals surface area contributed by atoms with Crippen molar-refractivity contribution in [3.05, 3.63) is 0 Å². The Balaban J connectivity index is 0. The number of ether oxygens (including phenoxy) is 1. The molecule has 1 unspecified atom stereocenters. The highest BCUT2D eigenvalue weighted by Gasteiger charge is 1.87. The lowest BCUT2D eigenvalue weighted by molar-refractivity contribution is 0.0765. The first-order valence-electron chi connectivity index (χ1n) is 3.61. The molecule has 1 atom stereocenters. The molecule has 0 saturated carbocycles. The summed E-state index contributed by atoms with van der Waals surface area (Å²) < 4.78 is 4.55. The zero-order valence-corrected chi connectivity index (χ0v) is 7.50. The van der Waals surface area contributed by atoms with Crippen molar-refractivity contribution in [2.24, 2.45) is 0 Å². The maximum atomic E-state index is 8.43. The molecule has 0 aliphatic heterocycles. The predicted octanol–water partition coefficient (Wildman–Crippen LogP) is -0.788. The second kappa shape index (κ2) is 12.5. The summed E-state index contributed by atoms with van der Waals surface area (Å²) in [4.78, 5) is 0. The fourth-order valence-corrected chi connectivity index (χ4v) is 0.353. The first-order chi connectivity index (χ1) is 5.18. The van der Waals surface area contributed by atoms with Crippen molar-refractivity contribution in [2.45, 2.75) is 13.0 Å². The molecule has 0 aromatic rings. The maximum Gasteiger partial charge on any atom is 0.0745 e. The molecule has 0 aromatic carbocycles. The van der Waals surface area contributed by atoms with Crippen molar-refractivity contribution >= 4 is 0 Å². The number of aliphatic hydroxyl groups is 2. The average molecular weight is 165 g/mol. The summed E-state index contributed by atoms with van der Waals surface area (Å²) >= 11 is 0. The molecule has 11 heavy (non-hydrogen) atoms. The fourth-order valence-electron chi connectivity index (χ4n) is 0.353. The average Bonchev–Trinajstić information content (AvgIpc) is 1.90. The first kappa shape index (κ1) is 13.4. The molecule has 0 saturated heterocycles. The number of hydrogen-bond donors (Lipinski definition) is 3. The third-order valence-electron chi connectivity index (χ3n) is 0.770. The highest BCUT2D eigenvalue weighted by molar-refractivity contribution is 4.36. The van der Waals surface area contributed by atoms with Crippen LogP contribution >= 0.6 is 0 Å². The van der Waals surface area contributed by atoms with Crippen LogP contribution < -0.4 is 5.32 Å². The van der Waals surface area contributed by atoms with Crippen LogP contribution in [-0.2, 0) is 4.74 Å². The van der Waals surface area contributed by atoms with E-state index in [1.807, 2.05) is 0 Å². The molecule has 70 valence electrons. The summed E-state index contributed by atoms with van der Waals surface area (Å²) in [7, 11) is 3.36. The first-order valence-corrected chi connectivity index (χ1v) is 3.61. The molecule has 0 aromatic heterocycles. The van der Waals surface area contributed by atoms with Gasteiger partial charge in [0.05, 0.1) is 19.3 Å². The molecule has 0 spiro atoms. The van der Waals surface area contributed by atoms with E-state index in [4.69, 9.17) is 10.2 Å². The molecular weight excluding hydrogens is 146 g/mol. The zero-order valence-electron chi connectivity index (χ0n) is 7.50. The summed E-state index contributed by atoms with van der Waals surface area (Å²) in [5, 5.41) is 19.2. The van der Waals surface area contributed by atoms with E-state index in [-0.39, 0.29) is 12.7 Å². The Bertz CT molecular complexity index is 57.6. The largest absolute Gasteiger partial charge is 0.395 e. The van der Waals surface area contributed by atoms with Gasteiger partial charge in [-0.25, -0.2) is 0 Å². The Morgan fingerprint density at radius 1 is 1.55 bits per heavy atom. The van der Waals surface area contributed by atoms with E-state index >= 15 is 0 Å². The summed E-state index contributed by atoms with van der Waals surface area (Å²) in [5.41, 5.74) is 0. The van der Waals surface area contributed by atoms with Gasteiger partial charge < -0.3 is 20.3 Å². The number of rotatable bonds is 4. The minimum absolute atomic E-state index is 0.233. The molecular formula is C7H19NO3. The van der Waals surface area contributed by atoms with Gasteiger partial charge in [-0.1, -0.05) is 0 Å². The molecule has 0 bridgehead atoms. The number of aliphatic hydroxyl groups excluding tert-OH is 2. The van der Waals surface area contributed by atoms with Gasteiger partial charge in [-0.3, -0.25) is 0 Å². The van der Waals surface area contributed by atoms with Crippen molar-refractivity contribution in [3.63, 3.8) is 0 Å². The molecule has 4 nitrogen and oxygen atoms in total. The van der Waals surface area contributed by atoms with Crippen LogP contribution in [0.4, 0.5) is 0 Å². The second-order valence-electron chi connectivity index (χ2n) is 2.13.